The molecule has 0 spiro atoms. The standard InChI is InChI=1S/C17H23N3O2/c1-10(2)12(5)18-16(21)15-13-8-6-7-9-14(13)17(22)20(19-15)11(3)4/h6-12H,1-5H3,(H,18,21). The number of aromatic nitrogens is 2. The van der Waals surface area contributed by atoms with E-state index >= 15 is 0 Å². The number of carbonyl (C=O) groups excluding carboxylic acids is 1. The lowest BCUT2D eigenvalue weighted by Gasteiger charge is -2.18. The minimum atomic E-state index is -0.244. The third kappa shape index (κ3) is 3.03. The Hall–Kier alpha value is -2.17. The van der Waals surface area contributed by atoms with Crippen LogP contribution < -0.4 is 10.9 Å². The molecule has 0 aliphatic heterocycles. The summed E-state index contributed by atoms with van der Waals surface area (Å²) in [4.78, 5) is 25.0. The molecule has 0 saturated carbocycles. The average molecular weight is 301 g/mol. The minimum absolute atomic E-state index is 0.0347. The lowest BCUT2D eigenvalue weighted by molar-refractivity contribution is 0.0924. The van der Waals surface area contributed by atoms with Gasteiger partial charge in [0.25, 0.3) is 11.5 Å². The molecule has 0 aliphatic carbocycles. The maximum absolute atomic E-state index is 12.6. The van der Waals surface area contributed by atoms with Gasteiger partial charge in [-0.3, -0.25) is 9.59 Å². The monoisotopic (exact) mass is 301 g/mol. The number of hydrogen-bond donors (Lipinski definition) is 1. The van der Waals surface area contributed by atoms with Gasteiger partial charge in [0.1, 0.15) is 0 Å². The summed E-state index contributed by atoms with van der Waals surface area (Å²) in [5, 5.41) is 8.38. The smallest absolute Gasteiger partial charge is 0.274 e. The number of amides is 1. The maximum atomic E-state index is 12.6. The largest absolute Gasteiger partial charge is 0.348 e. The number of hydrogen-bond acceptors (Lipinski definition) is 3. The summed E-state index contributed by atoms with van der Waals surface area (Å²) in [6.07, 6.45) is 0. The van der Waals surface area contributed by atoms with Crippen molar-refractivity contribution in [1.82, 2.24) is 15.1 Å². The minimum Gasteiger partial charge on any atom is -0.348 e. The maximum Gasteiger partial charge on any atom is 0.274 e. The van der Waals surface area contributed by atoms with Gasteiger partial charge < -0.3 is 5.32 Å². The Kier molecular flexibility index (Phi) is 4.64. The summed E-state index contributed by atoms with van der Waals surface area (Å²) < 4.78 is 1.37. The lowest BCUT2D eigenvalue weighted by atomic mass is 10.1. The fraction of sp³-hybridized carbons (Fsp3) is 0.471. The summed E-state index contributed by atoms with van der Waals surface area (Å²) in [6.45, 7) is 9.81. The van der Waals surface area contributed by atoms with Crippen LogP contribution in [-0.2, 0) is 0 Å². The molecule has 2 rings (SSSR count). The van der Waals surface area contributed by atoms with Gasteiger partial charge in [0.05, 0.1) is 11.4 Å². The molecule has 0 fully saturated rings. The predicted molar refractivity (Wildman–Crippen MR) is 88.2 cm³/mol. The number of fused-ring (bicyclic) bond motifs is 1. The first kappa shape index (κ1) is 16.2. The molecule has 1 heterocycles. The predicted octanol–water partition coefficient (Wildman–Crippen LogP) is 2.75. The summed E-state index contributed by atoms with van der Waals surface area (Å²) >= 11 is 0. The summed E-state index contributed by atoms with van der Waals surface area (Å²) in [7, 11) is 0. The Balaban J connectivity index is 2.60. The van der Waals surface area contributed by atoms with Crippen LogP contribution in [0.25, 0.3) is 10.8 Å². The molecule has 1 atom stereocenters. The first-order chi connectivity index (χ1) is 10.3. The van der Waals surface area contributed by atoms with E-state index in [-0.39, 0.29) is 23.6 Å². The van der Waals surface area contributed by atoms with Gasteiger partial charge in [-0.1, -0.05) is 32.0 Å². The molecular formula is C17H23N3O2. The molecule has 22 heavy (non-hydrogen) atoms. The quantitative estimate of drug-likeness (QED) is 0.944. The Morgan fingerprint density at radius 2 is 1.68 bits per heavy atom. The molecule has 118 valence electrons. The molecule has 1 aromatic carbocycles. The van der Waals surface area contributed by atoms with Gasteiger partial charge in [-0.05, 0) is 32.8 Å². The molecule has 5 nitrogen and oxygen atoms in total. The zero-order valence-electron chi connectivity index (χ0n) is 13.8. The number of carbonyl (C=O) groups is 1. The first-order valence-corrected chi connectivity index (χ1v) is 7.65. The van der Waals surface area contributed by atoms with E-state index < -0.39 is 0 Å². The van der Waals surface area contributed by atoms with Crippen LogP contribution in [0.1, 0.15) is 51.1 Å². The lowest BCUT2D eigenvalue weighted by Crippen LogP contribution is -2.38. The van der Waals surface area contributed by atoms with Gasteiger partial charge >= 0.3 is 0 Å². The first-order valence-electron chi connectivity index (χ1n) is 7.65. The number of nitrogens with zero attached hydrogens (tertiary/aromatic N) is 2. The third-order valence-corrected chi connectivity index (χ3v) is 3.89. The number of nitrogens with one attached hydrogen (secondary N) is 1. The Bertz CT molecular complexity index is 747. The van der Waals surface area contributed by atoms with Crippen molar-refractivity contribution in [2.75, 3.05) is 0 Å². The third-order valence-electron chi connectivity index (χ3n) is 3.89. The highest BCUT2D eigenvalue weighted by Crippen LogP contribution is 2.15. The molecule has 0 bridgehead atoms. The Labute approximate surface area is 130 Å². The highest BCUT2D eigenvalue weighted by atomic mass is 16.2. The van der Waals surface area contributed by atoms with Crippen molar-refractivity contribution in [2.24, 2.45) is 5.92 Å². The van der Waals surface area contributed by atoms with Crippen molar-refractivity contribution < 1.29 is 4.79 Å². The number of rotatable bonds is 4. The van der Waals surface area contributed by atoms with Crippen molar-refractivity contribution in [3.63, 3.8) is 0 Å². The van der Waals surface area contributed by atoms with Gasteiger partial charge in [-0.25, -0.2) is 4.68 Å². The fourth-order valence-electron chi connectivity index (χ4n) is 2.17. The van der Waals surface area contributed by atoms with E-state index in [9.17, 15) is 9.59 Å². The van der Waals surface area contributed by atoms with E-state index in [0.717, 1.165) is 0 Å². The van der Waals surface area contributed by atoms with E-state index in [1.165, 1.54) is 4.68 Å². The molecule has 2 aromatic rings. The molecule has 1 aromatic heterocycles. The van der Waals surface area contributed by atoms with Gasteiger partial charge in [-0.15, -0.1) is 0 Å². The van der Waals surface area contributed by atoms with Crippen molar-refractivity contribution in [3.8, 4) is 0 Å². The molecular weight excluding hydrogens is 278 g/mol. The van der Waals surface area contributed by atoms with Crippen molar-refractivity contribution in [1.29, 1.82) is 0 Å². The van der Waals surface area contributed by atoms with E-state index in [1.54, 1.807) is 18.2 Å². The molecule has 1 unspecified atom stereocenters. The van der Waals surface area contributed by atoms with Crippen molar-refractivity contribution in [2.45, 2.75) is 46.7 Å². The number of benzene rings is 1. The molecule has 0 saturated heterocycles. The van der Waals surface area contributed by atoms with E-state index in [1.807, 2.05) is 40.7 Å². The van der Waals surface area contributed by atoms with Crippen LogP contribution in [0.4, 0.5) is 0 Å². The van der Waals surface area contributed by atoms with Crippen LogP contribution in [0.2, 0.25) is 0 Å². The van der Waals surface area contributed by atoms with Crippen molar-refractivity contribution in [3.05, 3.63) is 40.3 Å². The molecule has 0 aliphatic rings. The van der Waals surface area contributed by atoms with Crippen LogP contribution >= 0.6 is 0 Å². The summed E-state index contributed by atoms with van der Waals surface area (Å²) in [5.74, 6) is 0.0815. The van der Waals surface area contributed by atoms with E-state index in [4.69, 9.17) is 0 Å². The van der Waals surface area contributed by atoms with E-state index in [2.05, 4.69) is 10.4 Å². The molecule has 5 heteroatoms. The second-order valence-corrected chi connectivity index (χ2v) is 6.24. The Morgan fingerprint density at radius 3 is 2.23 bits per heavy atom. The SMILES string of the molecule is CC(C)C(C)NC(=O)c1nn(C(C)C)c(=O)c2ccccc12. The summed E-state index contributed by atoms with van der Waals surface area (Å²) in [6, 6.07) is 7.04. The van der Waals surface area contributed by atoms with E-state index in [0.29, 0.717) is 22.4 Å². The van der Waals surface area contributed by atoms with Crippen molar-refractivity contribution >= 4 is 16.7 Å². The normalized spacial score (nSPS) is 12.9. The summed E-state index contributed by atoms with van der Waals surface area (Å²) in [5.41, 5.74) is 0.135. The zero-order chi connectivity index (χ0) is 16.4. The van der Waals surface area contributed by atoms with Crippen LogP contribution in [0.15, 0.2) is 29.1 Å². The van der Waals surface area contributed by atoms with Crippen LogP contribution in [0.5, 0.6) is 0 Å². The molecule has 1 amide bonds. The molecule has 0 radical (unpaired) electrons. The van der Waals surface area contributed by atoms with Crippen LogP contribution in [-0.4, -0.2) is 21.7 Å². The van der Waals surface area contributed by atoms with Gasteiger partial charge in [-0.2, -0.15) is 5.10 Å². The molecule has 1 N–H and O–H groups in total. The second-order valence-electron chi connectivity index (χ2n) is 6.24. The van der Waals surface area contributed by atoms with Crippen LogP contribution in [0, 0.1) is 5.92 Å². The second kappa shape index (κ2) is 6.30. The zero-order valence-corrected chi connectivity index (χ0v) is 13.8. The van der Waals surface area contributed by atoms with Gasteiger partial charge in [0.15, 0.2) is 5.69 Å². The van der Waals surface area contributed by atoms with Gasteiger partial charge in [0, 0.05) is 11.4 Å². The topological polar surface area (TPSA) is 64.0 Å². The van der Waals surface area contributed by atoms with Crippen LogP contribution in [0.3, 0.4) is 0 Å². The Morgan fingerprint density at radius 1 is 1.09 bits per heavy atom. The highest BCUT2D eigenvalue weighted by Gasteiger charge is 2.19. The highest BCUT2D eigenvalue weighted by molar-refractivity contribution is 6.04. The average Bonchev–Trinajstić information content (AvgIpc) is 2.47. The van der Waals surface area contributed by atoms with Gasteiger partial charge in [0.2, 0.25) is 0 Å². The fourth-order valence-corrected chi connectivity index (χ4v) is 2.17.